The highest BCUT2D eigenvalue weighted by molar-refractivity contribution is 6.30. The molecule has 0 saturated heterocycles. The van der Waals surface area contributed by atoms with Gasteiger partial charge < -0.3 is 15.4 Å². The minimum absolute atomic E-state index is 0.0369. The molecule has 132 valence electrons. The van der Waals surface area contributed by atoms with E-state index in [1.54, 1.807) is 0 Å². The van der Waals surface area contributed by atoms with Gasteiger partial charge in [0.15, 0.2) is 0 Å². The number of rotatable bonds is 9. The van der Waals surface area contributed by atoms with E-state index in [1.165, 1.54) is 0 Å². The normalized spacial score (nSPS) is 10.1. The molecule has 0 spiro atoms. The first-order chi connectivity index (χ1) is 12.1. The Morgan fingerprint density at radius 1 is 0.920 bits per heavy atom. The van der Waals surface area contributed by atoms with Crippen molar-refractivity contribution in [1.82, 2.24) is 10.6 Å². The van der Waals surface area contributed by atoms with Crippen LogP contribution in [-0.2, 0) is 16.0 Å². The second-order valence-electron chi connectivity index (χ2n) is 5.41. The first kappa shape index (κ1) is 18.8. The van der Waals surface area contributed by atoms with Crippen molar-refractivity contribution in [2.45, 2.75) is 12.8 Å². The van der Waals surface area contributed by atoms with Crippen molar-refractivity contribution >= 4 is 23.4 Å². The Kier molecular flexibility index (Phi) is 7.79. The zero-order valence-corrected chi connectivity index (χ0v) is 14.6. The molecule has 0 unspecified atom stereocenters. The molecule has 0 atom stereocenters. The van der Waals surface area contributed by atoms with Gasteiger partial charge in [-0.1, -0.05) is 41.9 Å². The summed E-state index contributed by atoms with van der Waals surface area (Å²) in [5, 5.41) is 6.03. The maximum Gasteiger partial charge on any atom is 0.239 e. The van der Waals surface area contributed by atoms with Gasteiger partial charge in [0.05, 0.1) is 19.6 Å². The predicted octanol–water partition coefficient (Wildman–Crippen LogP) is 2.58. The number of amides is 2. The molecular weight excluding hydrogens is 340 g/mol. The zero-order valence-electron chi connectivity index (χ0n) is 13.8. The molecule has 0 bridgehead atoms. The van der Waals surface area contributed by atoms with Crippen LogP contribution in [0.4, 0.5) is 0 Å². The van der Waals surface area contributed by atoms with Crippen LogP contribution in [0.15, 0.2) is 54.6 Å². The Morgan fingerprint density at radius 3 is 2.36 bits per heavy atom. The topological polar surface area (TPSA) is 67.4 Å². The van der Waals surface area contributed by atoms with Crippen LogP contribution >= 0.6 is 11.6 Å². The largest absolute Gasteiger partial charge is 0.493 e. The number of nitrogens with one attached hydrogen (secondary N) is 2. The molecule has 0 aliphatic heterocycles. The van der Waals surface area contributed by atoms with Crippen LogP contribution < -0.4 is 15.4 Å². The molecule has 0 heterocycles. The van der Waals surface area contributed by atoms with E-state index in [2.05, 4.69) is 10.6 Å². The van der Waals surface area contributed by atoms with Crippen LogP contribution in [0.3, 0.4) is 0 Å². The lowest BCUT2D eigenvalue weighted by molar-refractivity contribution is -0.126. The van der Waals surface area contributed by atoms with Gasteiger partial charge in [0.2, 0.25) is 11.8 Å². The summed E-state index contributed by atoms with van der Waals surface area (Å²) in [4.78, 5) is 23.4. The van der Waals surface area contributed by atoms with E-state index in [4.69, 9.17) is 16.3 Å². The van der Waals surface area contributed by atoms with Gasteiger partial charge >= 0.3 is 0 Å². The quantitative estimate of drug-likeness (QED) is 0.722. The smallest absolute Gasteiger partial charge is 0.239 e. The number of ether oxygens (including phenoxy) is 1. The van der Waals surface area contributed by atoms with Crippen LogP contribution in [0.2, 0.25) is 5.02 Å². The Morgan fingerprint density at radius 2 is 1.64 bits per heavy atom. The summed E-state index contributed by atoms with van der Waals surface area (Å²) >= 11 is 5.82. The van der Waals surface area contributed by atoms with Crippen LogP contribution in [0.25, 0.3) is 0 Å². The monoisotopic (exact) mass is 360 g/mol. The SMILES string of the molecule is O=C(CCOc1ccccc1)NCC(=O)NCCc1ccc(Cl)cc1. The Hall–Kier alpha value is -2.53. The number of halogens is 1. The number of carbonyl (C=O) groups excluding carboxylic acids is 2. The van der Waals surface area contributed by atoms with E-state index < -0.39 is 0 Å². The van der Waals surface area contributed by atoms with Crippen LogP contribution in [0.5, 0.6) is 5.75 Å². The van der Waals surface area contributed by atoms with E-state index in [9.17, 15) is 9.59 Å². The molecule has 0 aliphatic carbocycles. The van der Waals surface area contributed by atoms with Crippen molar-refractivity contribution in [3.8, 4) is 5.75 Å². The number of benzene rings is 2. The zero-order chi connectivity index (χ0) is 17.9. The molecule has 2 amide bonds. The Labute approximate surface area is 152 Å². The summed E-state index contributed by atoms with van der Waals surface area (Å²) in [7, 11) is 0. The minimum Gasteiger partial charge on any atom is -0.493 e. The van der Waals surface area contributed by atoms with Gasteiger partial charge in [0.1, 0.15) is 5.75 Å². The summed E-state index contributed by atoms with van der Waals surface area (Å²) in [5.41, 5.74) is 1.09. The molecular formula is C19H21ClN2O3. The summed E-state index contributed by atoms with van der Waals surface area (Å²) in [5.74, 6) is 0.283. The highest BCUT2D eigenvalue weighted by Gasteiger charge is 2.05. The molecule has 0 saturated carbocycles. The lowest BCUT2D eigenvalue weighted by Crippen LogP contribution is -2.38. The maximum absolute atomic E-state index is 11.7. The third-order valence-electron chi connectivity index (χ3n) is 3.44. The molecule has 2 N–H and O–H groups in total. The Balaban J connectivity index is 1.54. The average Bonchev–Trinajstić information content (AvgIpc) is 2.62. The maximum atomic E-state index is 11.7. The van der Waals surface area contributed by atoms with Gasteiger partial charge in [-0.25, -0.2) is 0 Å². The third kappa shape index (κ3) is 7.72. The fourth-order valence-electron chi connectivity index (χ4n) is 2.11. The van der Waals surface area contributed by atoms with Gasteiger partial charge in [-0.3, -0.25) is 9.59 Å². The molecule has 2 aromatic rings. The lowest BCUT2D eigenvalue weighted by atomic mass is 10.1. The number of para-hydroxylation sites is 1. The summed E-state index contributed by atoms with van der Waals surface area (Å²) < 4.78 is 5.43. The number of hydrogen-bond acceptors (Lipinski definition) is 3. The van der Waals surface area contributed by atoms with Crippen molar-refractivity contribution in [1.29, 1.82) is 0 Å². The Bertz CT molecular complexity index is 675. The molecule has 0 radical (unpaired) electrons. The fourth-order valence-corrected chi connectivity index (χ4v) is 2.23. The molecule has 25 heavy (non-hydrogen) atoms. The molecule has 2 rings (SSSR count). The van der Waals surface area contributed by atoms with Crippen LogP contribution in [0, 0.1) is 0 Å². The van der Waals surface area contributed by atoms with Crippen molar-refractivity contribution in [3.63, 3.8) is 0 Å². The van der Waals surface area contributed by atoms with Gasteiger partial charge in [0.25, 0.3) is 0 Å². The van der Waals surface area contributed by atoms with E-state index in [-0.39, 0.29) is 31.4 Å². The van der Waals surface area contributed by atoms with Crippen molar-refractivity contribution < 1.29 is 14.3 Å². The van der Waals surface area contributed by atoms with Crippen LogP contribution in [-0.4, -0.2) is 31.5 Å². The van der Waals surface area contributed by atoms with Gasteiger partial charge in [-0.2, -0.15) is 0 Å². The van der Waals surface area contributed by atoms with Crippen LogP contribution in [0.1, 0.15) is 12.0 Å². The van der Waals surface area contributed by atoms with Gasteiger partial charge in [-0.05, 0) is 36.2 Å². The average molecular weight is 361 g/mol. The third-order valence-corrected chi connectivity index (χ3v) is 3.69. The highest BCUT2D eigenvalue weighted by Crippen LogP contribution is 2.09. The van der Waals surface area contributed by atoms with Crippen molar-refractivity contribution in [2.24, 2.45) is 0 Å². The molecule has 5 nitrogen and oxygen atoms in total. The second-order valence-corrected chi connectivity index (χ2v) is 5.85. The molecule has 0 aliphatic rings. The van der Waals surface area contributed by atoms with Crippen molar-refractivity contribution in [2.75, 3.05) is 19.7 Å². The van der Waals surface area contributed by atoms with E-state index >= 15 is 0 Å². The molecule has 0 fully saturated rings. The summed E-state index contributed by atoms with van der Waals surface area (Å²) in [6.45, 7) is 0.742. The van der Waals surface area contributed by atoms with Crippen molar-refractivity contribution in [3.05, 3.63) is 65.2 Å². The summed E-state index contributed by atoms with van der Waals surface area (Å²) in [6.07, 6.45) is 0.911. The first-order valence-corrected chi connectivity index (χ1v) is 8.47. The number of hydrogen-bond donors (Lipinski definition) is 2. The molecule has 2 aromatic carbocycles. The van der Waals surface area contributed by atoms with E-state index in [0.717, 1.165) is 11.3 Å². The summed E-state index contributed by atoms with van der Waals surface area (Å²) in [6, 6.07) is 16.7. The second kappa shape index (κ2) is 10.4. The molecule has 6 heteroatoms. The fraction of sp³-hybridized carbons (Fsp3) is 0.263. The number of carbonyl (C=O) groups is 2. The van der Waals surface area contributed by atoms with E-state index in [1.807, 2.05) is 54.6 Å². The van der Waals surface area contributed by atoms with E-state index in [0.29, 0.717) is 18.0 Å². The van der Waals surface area contributed by atoms with Gasteiger partial charge in [-0.15, -0.1) is 0 Å². The standard InChI is InChI=1S/C19H21ClN2O3/c20-16-8-6-15(7-9-16)10-12-21-19(24)14-22-18(23)11-13-25-17-4-2-1-3-5-17/h1-9H,10-14H2,(H,21,24)(H,22,23). The highest BCUT2D eigenvalue weighted by atomic mass is 35.5. The lowest BCUT2D eigenvalue weighted by Gasteiger charge is -2.08. The molecule has 0 aromatic heterocycles. The van der Waals surface area contributed by atoms with Gasteiger partial charge in [0, 0.05) is 11.6 Å². The first-order valence-electron chi connectivity index (χ1n) is 8.09. The predicted molar refractivity (Wildman–Crippen MR) is 97.7 cm³/mol. The minimum atomic E-state index is -0.219.